The number of aryl methyl sites for hydroxylation is 1. The summed E-state index contributed by atoms with van der Waals surface area (Å²) in [7, 11) is 0. The van der Waals surface area contributed by atoms with E-state index in [9.17, 15) is 14.9 Å². The lowest BCUT2D eigenvalue weighted by molar-refractivity contribution is -0.385. The minimum absolute atomic E-state index is 0.0256. The molecule has 7 heteroatoms. The fourth-order valence-corrected chi connectivity index (χ4v) is 2.08. The molecule has 0 radical (unpaired) electrons. The first kappa shape index (κ1) is 16.6. The van der Waals surface area contributed by atoms with Crippen LogP contribution in [0.5, 0.6) is 0 Å². The fraction of sp³-hybridized carbons (Fsp3) is 0.125. The van der Waals surface area contributed by atoms with Crippen LogP contribution in [0.1, 0.15) is 28.4 Å². The lowest BCUT2D eigenvalue weighted by Gasteiger charge is -2.04. The van der Waals surface area contributed by atoms with Crippen molar-refractivity contribution in [1.29, 1.82) is 0 Å². The van der Waals surface area contributed by atoms with Gasteiger partial charge in [0, 0.05) is 22.2 Å². The number of hydrogen-bond donors (Lipinski definition) is 1. The molecule has 0 aliphatic heterocycles. The lowest BCUT2D eigenvalue weighted by Crippen LogP contribution is -2.19. The molecule has 0 aromatic heterocycles. The van der Waals surface area contributed by atoms with Gasteiger partial charge in [-0.25, -0.2) is 5.43 Å². The van der Waals surface area contributed by atoms with Crippen LogP contribution in [-0.4, -0.2) is 16.5 Å². The molecule has 0 atom stereocenters. The molecular formula is C16H14ClN3O3. The van der Waals surface area contributed by atoms with E-state index in [1.807, 2.05) is 0 Å². The Bertz CT molecular complexity index is 786. The Kier molecular flexibility index (Phi) is 5.08. The summed E-state index contributed by atoms with van der Waals surface area (Å²) in [6.45, 7) is 3.34. The second kappa shape index (κ2) is 7.02. The molecule has 6 nitrogen and oxygen atoms in total. The number of rotatable bonds is 4. The molecule has 0 saturated carbocycles. The van der Waals surface area contributed by atoms with Gasteiger partial charge in [-0.3, -0.25) is 14.9 Å². The number of nitro benzene ring substituents is 1. The fourth-order valence-electron chi connectivity index (χ4n) is 1.96. The summed E-state index contributed by atoms with van der Waals surface area (Å²) in [5, 5.41) is 15.4. The molecule has 0 aliphatic rings. The van der Waals surface area contributed by atoms with E-state index in [0.717, 1.165) is 5.56 Å². The van der Waals surface area contributed by atoms with Crippen molar-refractivity contribution in [3.63, 3.8) is 0 Å². The third kappa shape index (κ3) is 4.14. The number of hydrazone groups is 1. The zero-order chi connectivity index (χ0) is 17.0. The first-order valence-corrected chi connectivity index (χ1v) is 7.12. The average molecular weight is 332 g/mol. The maximum atomic E-state index is 12.1. The third-order valence-electron chi connectivity index (χ3n) is 3.24. The molecule has 0 heterocycles. The minimum atomic E-state index is -0.486. The highest BCUT2D eigenvalue weighted by Gasteiger charge is 2.13. The zero-order valence-corrected chi connectivity index (χ0v) is 13.3. The van der Waals surface area contributed by atoms with Crippen LogP contribution in [0.4, 0.5) is 5.69 Å². The molecule has 0 unspecified atom stereocenters. The Morgan fingerprint density at radius 1 is 1.17 bits per heavy atom. The van der Waals surface area contributed by atoms with Crippen molar-refractivity contribution in [3.05, 3.63) is 74.3 Å². The van der Waals surface area contributed by atoms with E-state index in [4.69, 9.17) is 11.6 Å². The van der Waals surface area contributed by atoms with E-state index in [0.29, 0.717) is 21.9 Å². The largest absolute Gasteiger partial charge is 0.272 e. The Hall–Kier alpha value is -2.73. The second-order valence-corrected chi connectivity index (χ2v) is 5.34. The molecule has 0 spiro atoms. The summed E-state index contributed by atoms with van der Waals surface area (Å²) in [6, 6.07) is 11.2. The number of benzene rings is 2. The second-order valence-electron chi connectivity index (χ2n) is 4.90. The molecule has 0 fully saturated rings. The van der Waals surface area contributed by atoms with Crippen molar-refractivity contribution in [2.75, 3.05) is 0 Å². The van der Waals surface area contributed by atoms with Gasteiger partial charge < -0.3 is 0 Å². The van der Waals surface area contributed by atoms with Crippen LogP contribution in [0.2, 0.25) is 5.02 Å². The van der Waals surface area contributed by atoms with E-state index < -0.39 is 10.8 Å². The van der Waals surface area contributed by atoms with Crippen LogP contribution >= 0.6 is 11.6 Å². The maximum Gasteiger partial charge on any atom is 0.272 e. The molecule has 0 aliphatic carbocycles. The van der Waals surface area contributed by atoms with Gasteiger partial charge in [0.05, 0.1) is 10.6 Å². The molecule has 2 aromatic rings. The predicted octanol–water partition coefficient (Wildman–Crippen LogP) is 3.71. The number of carbonyl (C=O) groups excluding carboxylic acids is 1. The molecule has 1 N–H and O–H groups in total. The van der Waals surface area contributed by atoms with Crippen LogP contribution in [0.15, 0.2) is 47.6 Å². The summed E-state index contributed by atoms with van der Waals surface area (Å²) < 4.78 is 0. The number of amides is 1. The molecule has 118 valence electrons. The highest BCUT2D eigenvalue weighted by molar-refractivity contribution is 6.30. The van der Waals surface area contributed by atoms with Gasteiger partial charge in [-0.1, -0.05) is 23.7 Å². The lowest BCUT2D eigenvalue weighted by atomic mass is 10.1. The van der Waals surface area contributed by atoms with Crippen LogP contribution in [-0.2, 0) is 0 Å². The minimum Gasteiger partial charge on any atom is -0.267 e. The van der Waals surface area contributed by atoms with Crippen LogP contribution in [0, 0.1) is 17.0 Å². The van der Waals surface area contributed by atoms with Gasteiger partial charge in [0.25, 0.3) is 11.6 Å². The Morgan fingerprint density at radius 3 is 2.35 bits per heavy atom. The van der Waals surface area contributed by atoms with E-state index in [1.54, 1.807) is 38.1 Å². The van der Waals surface area contributed by atoms with Gasteiger partial charge in [-0.2, -0.15) is 5.10 Å². The molecule has 23 heavy (non-hydrogen) atoms. The standard InChI is InChI=1S/C16H14ClN3O3/c1-10-9-13(5-8-15(10)20(22)23)16(21)19-18-11(2)12-3-6-14(17)7-4-12/h3-9H,1-2H3,(H,19,21)/b18-11+. The topological polar surface area (TPSA) is 84.6 Å². The van der Waals surface area contributed by atoms with E-state index in [2.05, 4.69) is 10.5 Å². The summed E-state index contributed by atoms with van der Waals surface area (Å²) in [4.78, 5) is 22.3. The first-order chi connectivity index (χ1) is 10.9. The third-order valence-corrected chi connectivity index (χ3v) is 3.49. The van der Waals surface area contributed by atoms with E-state index in [1.165, 1.54) is 18.2 Å². The summed E-state index contributed by atoms with van der Waals surface area (Å²) in [5.74, 6) is -0.434. The highest BCUT2D eigenvalue weighted by atomic mass is 35.5. The molecule has 2 rings (SSSR count). The van der Waals surface area contributed by atoms with Crippen LogP contribution in [0.25, 0.3) is 0 Å². The zero-order valence-electron chi connectivity index (χ0n) is 12.5. The monoisotopic (exact) mass is 331 g/mol. The SMILES string of the molecule is C/C(=N\NC(=O)c1ccc([N+](=O)[O-])c(C)c1)c1ccc(Cl)cc1. The Balaban J connectivity index is 2.12. The summed E-state index contributed by atoms with van der Waals surface area (Å²) in [6.07, 6.45) is 0. The van der Waals surface area contributed by atoms with E-state index in [-0.39, 0.29) is 5.69 Å². The molecule has 0 saturated heterocycles. The van der Waals surface area contributed by atoms with Gasteiger partial charge in [0.2, 0.25) is 0 Å². The number of nitro groups is 1. The van der Waals surface area contributed by atoms with E-state index >= 15 is 0 Å². The molecule has 2 aromatic carbocycles. The molecule has 1 amide bonds. The summed E-state index contributed by atoms with van der Waals surface area (Å²) >= 11 is 5.82. The van der Waals surface area contributed by atoms with Gasteiger partial charge in [0.15, 0.2) is 0 Å². The molecular weight excluding hydrogens is 318 g/mol. The predicted molar refractivity (Wildman–Crippen MR) is 89.0 cm³/mol. The number of carbonyl (C=O) groups is 1. The van der Waals surface area contributed by atoms with Crippen molar-refractivity contribution in [2.45, 2.75) is 13.8 Å². The highest BCUT2D eigenvalue weighted by Crippen LogP contribution is 2.18. The smallest absolute Gasteiger partial charge is 0.267 e. The van der Waals surface area contributed by atoms with Crippen LogP contribution in [0.3, 0.4) is 0 Å². The van der Waals surface area contributed by atoms with Crippen molar-refractivity contribution < 1.29 is 9.72 Å². The first-order valence-electron chi connectivity index (χ1n) is 6.74. The quantitative estimate of drug-likeness (QED) is 0.526. The Labute approximate surface area is 137 Å². The van der Waals surface area contributed by atoms with Gasteiger partial charge in [-0.05, 0) is 43.7 Å². The van der Waals surface area contributed by atoms with Gasteiger partial charge in [-0.15, -0.1) is 0 Å². The number of hydrogen-bond acceptors (Lipinski definition) is 4. The number of nitrogens with zero attached hydrogens (tertiary/aromatic N) is 2. The van der Waals surface area contributed by atoms with Gasteiger partial charge in [0.1, 0.15) is 0 Å². The van der Waals surface area contributed by atoms with Crippen molar-refractivity contribution in [2.24, 2.45) is 5.10 Å². The number of halogens is 1. The van der Waals surface area contributed by atoms with Crippen molar-refractivity contribution >= 4 is 28.9 Å². The van der Waals surface area contributed by atoms with Crippen molar-refractivity contribution in [3.8, 4) is 0 Å². The van der Waals surface area contributed by atoms with Gasteiger partial charge >= 0.3 is 0 Å². The number of nitrogens with one attached hydrogen (secondary N) is 1. The normalized spacial score (nSPS) is 11.2. The summed E-state index contributed by atoms with van der Waals surface area (Å²) in [5.41, 5.74) is 4.58. The van der Waals surface area contributed by atoms with Crippen LogP contribution < -0.4 is 5.43 Å². The van der Waals surface area contributed by atoms with Crippen molar-refractivity contribution in [1.82, 2.24) is 5.43 Å². The Morgan fingerprint density at radius 2 is 1.78 bits per heavy atom. The average Bonchev–Trinajstić information content (AvgIpc) is 2.52. The molecule has 0 bridgehead atoms. The maximum absolute atomic E-state index is 12.1.